The lowest BCUT2D eigenvalue weighted by molar-refractivity contribution is -0.0430. The van der Waals surface area contributed by atoms with Gasteiger partial charge in [-0.15, -0.1) is 0 Å². The number of aromatic nitrogens is 4. The lowest BCUT2D eigenvalue weighted by atomic mass is 10.1. The Hall–Kier alpha value is -1.69. The third-order valence-corrected chi connectivity index (χ3v) is 4.74. The molecule has 0 radical (unpaired) electrons. The van der Waals surface area contributed by atoms with Gasteiger partial charge in [0.15, 0.2) is 17.0 Å². The monoisotopic (exact) mass is 287 g/mol. The molecule has 3 heterocycles. The average molecular weight is 287 g/mol. The first-order valence-corrected chi connectivity index (χ1v) is 7.85. The number of nitrogens with zero attached hydrogens (tertiary/aromatic N) is 4. The van der Waals surface area contributed by atoms with E-state index in [4.69, 9.17) is 4.74 Å². The van der Waals surface area contributed by atoms with Gasteiger partial charge in [-0.2, -0.15) is 0 Å². The number of hydrogen-bond donors (Lipinski definition) is 1. The topological polar surface area (TPSA) is 64.9 Å². The molecule has 4 rings (SSSR count). The summed E-state index contributed by atoms with van der Waals surface area (Å²) in [5.74, 6) is 0.854. The van der Waals surface area contributed by atoms with Gasteiger partial charge in [0.25, 0.3) is 0 Å². The highest BCUT2D eigenvalue weighted by atomic mass is 16.5. The molecule has 2 fully saturated rings. The van der Waals surface area contributed by atoms with Crippen LogP contribution < -0.4 is 5.32 Å². The molecule has 2 aromatic rings. The fourth-order valence-corrected chi connectivity index (χ4v) is 3.50. The van der Waals surface area contributed by atoms with Gasteiger partial charge in [-0.1, -0.05) is 12.8 Å². The summed E-state index contributed by atoms with van der Waals surface area (Å²) in [5, 5.41) is 3.53. The Kier molecular flexibility index (Phi) is 3.06. The first-order valence-electron chi connectivity index (χ1n) is 7.85. The number of anilines is 1. The lowest BCUT2D eigenvalue weighted by Crippen LogP contribution is -2.28. The molecule has 6 heteroatoms. The van der Waals surface area contributed by atoms with Gasteiger partial charge < -0.3 is 10.1 Å². The van der Waals surface area contributed by atoms with E-state index in [1.54, 1.807) is 6.33 Å². The molecule has 1 atom stereocenters. The molecule has 0 spiro atoms. The molecule has 1 unspecified atom stereocenters. The van der Waals surface area contributed by atoms with E-state index < -0.39 is 0 Å². The van der Waals surface area contributed by atoms with Crippen molar-refractivity contribution in [1.29, 1.82) is 0 Å². The minimum atomic E-state index is -0.326. The molecule has 1 aliphatic heterocycles. The smallest absolute Gasteiger partial charge is 0.167 e. The molecule has 0 bridgehead atoms. The Balaban J connectivity index is 1.72. The number of hydrogen-bond acceptors (Lipinski definition) is 5. The number of imidazole rings is 1. The quantitative estimate of drug-likeness (QED) is 0.940. The predicted octanol–water partition coefficient (Wildman–Crippen LogP) is 2.66. The summed E-state index contributed by atoms with van der Waals surface area (Å²) >= 11 is 0. The molecule has 21 heavy (non-hydrogen) atoms. The van der Waals surface area contributed by atoms with E-state index in [0.717, 1.165) is 36.4 Å². The molecule has 112 valence electrons. The van der Waals surface area contributed by atoms with Crippen molar-refractivity contribution in [1.82, 2.24) is 19.5 Å². The third-order valence-electron chi connectivity index (χ3n) is 4.74. The van der Waals surface area contributed by atoms with Crippen LogP contribution in [-0.4, -0.2) is 32.2 Å². The van der Waals surface area contributed by atoms with Crippen LogP contribution in [0.4, 0.5) is 5.82 Å². The van der Waals surface area contributed by atoms with Gasteiger partial charge >= 0.3 is 0 Å². The Labute approximate surface area is 123 Å². The second kappa shape index (κ2) is 4.94. The summed E-state index contributed by atoms with van der Waals surface area (Å²) < 4.78 is 7.96. The maximum absolute atomic E-state index is 5.91. The van der Waals surface area contributed by atoms with E-state index in [0.29, 0.717) is 6.04 Å². The van der Waals surface area contributed by atoms with Crippen molar-refractivity contribution < 1.29 is 4.74 Å². The predicted molar refractivity (Wildman–Crippen MR) is 80.0 cm³/mol. The summed E-state index contributed by atoms with van der Waals surface area (Å²) in [6.07, 6.45) is 10.6. The van der Waals surface area contributed by atoms with Crippen LogP contribution in [0.3, 0.4) is 0 Å². The molecule has 1 saturated heterocycles. The highest BCUT2D eigenvalue weighted by molar-refractivity contribution is 5.82. The van der Waals surface area contributed by atoms with Crippen LogP contribution in [0.15, 0.2) is 12.7 Å². The zero-order valence-electron chi connectivity index (χ0n) is 12.4. The van der Waals surface area contributed by atoms with Crippen LogP contribution in [-0.2, 0) is 10.5 Å². The van der Waals surface area contributed by atoms with Crippen LogP contribution in [0.2, 0.25) is 0 Å². The molecular formula is C15H21N5O. The molecular weight excluding hydrogens is 266 g/mol. The van der Waals surface area contributed by atoms with Gasteiger partial charge in [0.2, 0.25) is 0 Å². The highest BCUT2D eigenvalue weighted by Gasteiger charge is 2.33. The van der Waals surface area contributed by atoms with Crippen molar-refractivity contribution in [2.24, 2.45) is 0 Å². The van der Waals surface area contributed by atoms with Gasteiger partial charge in [0.05, 0.1) is 6.33 Å². The summed E-state index contributed by atoms with van der Waals surface area (Å²) in [5.41, 5.74) is 1.38. The van der Waals surface area contributed by atoms with Gasteiger partial charge in [-0.25, -0.2) is 15.0 Å². The standard InChI is InChI=1S/C15H21N5O/c1-15(7-4-8-21-15)20-10-18-12-13(16-9-17-14(12)20)19-11-5-2-3-6-11/h9-11H,2-8H2,1H3,(H,16,17,19). The van der Waals surface area contributed by atoms with E-state index in [2.05, 4.69) is 31.8 Å². The van der Waals surface area contributed by atoms with Crippen LogP contribution in [0, 0.1) is 0 Å². The second-order valence-corrected chi connectivity index (χ2v) is 6.26. The van der Waals surface area contributed by atoms with Crippen molar-refractivity contribution in [3.8, 4) is 0 Å². The molecule has 0 amide bonds. The summed E-state index contributed by atoms with van der Waals surface area (Å²) in [4.78, 5) is 13.4. The fourth-order valence-electron chi connectivity index (χ4n) is 3.50. The van der Waals surface area contributed by atoms with Crippen molar-refractivity contribution in [3.63, 3.8) is 0 Å². The first kappa shape index (κ1) is 13.0. The van der Waals surface area contributed by atoms with E-state index >= 15 is 0 Å². The second-order valence-electron chi connectivity index (χ2n) is 6.26. The van der Waals surface area contributed by atoms with Crippen LogP contribution in [0.25, 0.3) is 11.2 Å². The van der Waals surface area contributed by atoms with Crippen molar-refractivity contribution in [3.05, 3.63) is 12.7 Å². The minimum absolute atomic E-state index is 0.326. The summed E-state index contributed by atoms with van der Waals surface area (Å²) in [6, 6.07) is 0.520. The van der Waals surface area contributed by atoms with Gasteiger partial charge in [0, 0.05) is 12.6 Å². The summed E-state index contributed by atoms with van der Waals surface area (Å²) in [7, 11) is 0. The van der Waals surface area contributed by atoms with Crippen molar-refractivity contribution in [2.75, 3.05) is 11.9 Å². The van der Waals surface area contributed by atoms with Gasteiger partial charge in [-0.05, 0) is 32.6 Å². The lowest BCUT2D eigenvalue weighted by Gasteiger charge is -2.25. The number of nitrogens with one attached hydrogen (secondary N) is 1. The van der Waals surface area contributed by atoms with Crippen molar-refractivity contribution in [2.45, 2.75) is 57.2 Å². The van der Waals surface area contributed by atoms with E-state index in [-0.39, 0.29) is 5.72 Å². The Bertz CT molecular complexity index is 641. The third kappa shape index (κ3) is 2.18. The molecule has 2 aromatic heterocycles. The molecule has 6 nitrogen and oxygen atoms in total. The SMILES string of the molecule is CC1(n2cnc3c(NC4CCCC4)ncnc32)CCCO1. The number of fused-ring (bicyclic) bond motifs is 1. The highest BCUT2D eigenvalue weighted by Crippen LogP contribution is 2.33. The summed E-state index contributed by atoms with van der Waals surface area (Å²) in [6.45, 7) is 2.90. The average Bonchev–Trinajstić information content (AvgIpc) is 3.19. The largest absolute Gasteiger partial charge is 0.365 e. The van der Waals surface area contributed by atoms with Gasteiger partial charge in [0.1, 0.15) is 12.1 Å². The molecule has 1 aliphatic carbocycles. The Morgan fingerprint density at radius 3 is 2.86 bits per heavy atom. The maximum Gasteiger partial charge on any atom is 0.167 e. The fraction of sp³-hybridized carbons (Fsp3) is 0.667. The molecule has 0 aromatic carbocycles. The zero-order valence-corrected chi connectivity index (χ0v) is 12.4. The Morgan fingerprint density at radius 1 is 1.24 bits per heavy atom. The van der Waals surface area contributed by atoms with Crippen LogP contribution in [0.1, 0.15) is 45.4 Å². The van der Waals surface area contributed by atoms with Gasteiger partial charge in [-0.3, -0.25) is 4.57 Å². The molecule has 1 saturated carbocycles. The van der Waals surface area contributed by atoms with Crippen molar-refractivity contribution >= 4 is 17.0 Å². The minimum Gasteiger partial charge on any atom is -0.365 e. The molecule has 1 N–H and O–H groups in total. The van der Waals surface area contributed by atoms with E-state index in [9.17, 15) is 0 Å². The van der Waals surface area contributed by atoms with E-state index in [1.165, 1.54) is 25.7 Å². The maximum atomic E-state index is 5.91. The van der Waals surface area contributed by atoms with Crippen LogP contribution in [0.5, 0.6) is 0 Å². The molecule has 2 aliphatic rings. The Morgan fingerprint density at radius 2 is 2.10 bits per heavy atom. The zero-order chi connectivity index (χ0) is 14.3. The van der Waals surface area contributed by atoms with E-state index in [1.807, 2.05) is 6.33 Å². The van der Waals surface area contributed by atoms with Crippen LogP contribution >= 0.6 is 0 Å². The number of ether oxygens (including phenoxy) is 1. The normalized spacial score (nSPS) is 26.7. The first-order chi connectivity index (χ1) is 10.3. The number of rotatable bonds is 3.